The first-order chi connectivity index (χ1) is 13.1. The Bertz CT molecular complexity index is 867. The summed E-state index contributed by atoms with van der Waals surface area (Å²) in [5.41, 5.74) is 0.930. The van der Waals surface area contributed by atoms with Crippen LogP contribution in [0, 0.1) is 5.92 Å². The number of para-hydroxylation sites is 2. The lowest BCUT2D eigenvalue weighted by Gasteiger charge is -2.30. The summed E-state index contributed by atoms with van der Waals surface area (Å²) in [6, 6.07) is 10.8. The predicted octanol–water partition coefficient (Wildman–Crippen LogP) is 3.53. The number of carbonyl (C=O) groups is 2. The zero-order valence-electron chi connectivity index (χ0n) is 15.4. The fourth-order valence-corrected chi connectivity index (χ4v) is 3.84. The quantitative estimate of drug-likeness (QED) is 0.903. The van der Waals surface area contributed by atoms with Crippen molar-refractivity contribution >= 4 is 17.5 Å². The lowest BCUT2D eigenvalue weighted by atomic mass is 9.86. The third-order valence-electron chi connectivity index (χ3n) is 5.37. The highest BCUT2D eigenvalue weighted by molar-refractivity contribution is 6.11. The predicted molar refractivity (Wildman–Crippen MR) is 102 cm³/mol. The summed E-state index contributed by atoms with van der Waals surface area (Å²) in [6.07, 6.45) is 6.05. The van der Waals surface area contributed by atoms with Gasteiger partial charge in [0.1, 0.15) is 12.1 Å². The molecule has 0 bridgehead atoms. The number of nitrogens with zero attached hydrogens (tertiary/aromatic N) is 2. The number of hydrogen-bond donors (Lipinski definition) is 1. The number of amides is 2. The molecule has 1 aliphatic heterocycles. The van der Waals surface area contributed by atoms with E-state index in [-0.39, 0.29) is 30.3 Å². The Morgan fingerprint density at radius 3 is 2.89 bits per heavy atom. The van der Waals surface area contributed by atoms with Crippen molar-refractivity contribution in [2.45, 2.75) is 38.6 Å². The van der Waals surface area contributed by atoms with Crippen LogP contribution in [0.2, 0.25) is 0 Å². The second-order valence-electron chi connectivity index (χ2n) is 7.25. The Balaban J connectivity index is 1.60. The third-order valence-corrected chi connectivity index (χ3v) is 5.37. The summed E-state index contributed by atoms with van der Waals surface area (Å²) in [5.74, 6) is 0.808. The van der Waals surface area contributed by atoms with Crippen LogP contribution in [0.1, 0.15) is 43.0 Å². The molecule has 1 aromatic carbocycles. The van der Waals surface area contributed by atoms with Gasteiger partial charge in [0.05, 0.1) is 5.69 Å². The Hall–Kier alpha value is -2.89. The van der Waals surface area contributed by atoms with E-state index < -0.39 is 0 Å². The van der Waals surface area contributed by atoms with E-state index in [0.717, 1.165) is 19.3 Å². The Kier molecular flexibility index (Phi) is 4.79. The smallest absolute Gasteiger partial charge is 0.264 e. The van der Waals surface area contributed by atoms with Gasteiger partial charge in [-0.15, -0.1) is 0 Å². The Morgan fingerprint density at radius 2 is 2.04 bits per heavy atom. The molecule has 1 N–H and O–H groups in total. The normalized spacial score (nSPS) is 21.5. The number of ether oxygens (including phenoxy) is 1. The summed E-state index contributed by atoms with van der Waals surface area (Å²) < 4.78 is 5.85. The number of nitrogens with one attached hydrogen (secondary N) is 1. The number of fused-ring (bicyclic) bond motifs is 2. The summed E-state index contributed by atoms with van der Waals surface area (Å²) in [7, 11) is 0. The topological polar surface area (TPSA) is 71.5 Å². The number of aromatic nitrogens is 1. The minimum Gasteiger partial charge on any atom is -0.436 e. The highest BCUT2D eigenvalue weighted by atomic mass is 16.5. The standard InChI is InChI=1S/C21H23N3O3/c1-14-7-2-3-9-16(14)23-19(25)13-24-17-10-4-5-11-18(17)27-20-15(21(24)26)8-6-12-22-20/h4-6,8,10-12,14,16H,2-3,7,9,13H2,1H3,(H,23,25). The molecule has 1 aliphatic carbocycles. The largest absolute Gasteiger partial charge is 0.436 e. The number of hydrogen-bond acceptors (Lipinski definition) is 4. The van der Waals surface area contributed by atoms with Crippen LogP contribution in [-0.2, 0) is 4.79 Å². The molecule has 6 nitrogen and oxygen atoms in total. The maximum absolute atomic E-state index is 13.1. The van der Waals surface area contributed by atoms with Gasteiger partial charge in [0, 0.05) is 12.2 Å². The molecular formula is C21H23N3O3. The van der Waals surface area contributed by atoms with Crippen molar-refractivity contribution in [2.24, 2.45) is 5.92 Å². The van der Waals surface area contributed by atoms with E-state index in [0.29, 0.717) is 22.9 Å². The molecule has 0 radical (unpaired) electrons. The Labute approximate surface area is 158 Å². The lowest BCUT2D eigenvalue weighted by Crippen LogP contribution is -2.47. The fourth-order valence-electron chi connectivity index (χ4n) is 3.84. The molecule has 2 heterocycles. The molecule has 1 aromatic heterocycles. The number of carbonyl (C=O) groups excluding carboxylic acids is 2. The van der Waals surface area contributed by atoms with Crippen LogP contribution in [0.15, 0.2) is 42.6 Å². The van der Waals surface area contributed by atoms with Gasteiger partial charge in [-0.05, 0) is 43.0 Å². The molecule has 2 aliphatic rings. The van der Waals surface area contributed by atoms with Crippen molar-refractivity contribution in [1.82, 2.24) is 10.3 Å². The first kappa shape index (κ1) is 17.5. The fraction of sp³-hybridized carbons (Fsp3) is 0.381. The molecule has 2 unspecified atom stereocenters. The van der Waals surface area contributed by atoms with Crippen molar-refractivity contribution in [1.29, 1.82) is 0 Å². The minimum absolute atomic E-state index is 0.0449. The monoisotopic (exact) mass is 365 g/mol. The second-order valence-corrected chi connectivity index (χ2v) is 7.25. The summed E-state index contributed by atoms with van der Waals surface area (Å²) >= 11 is 0. The minimum atomic E-state index is -0.283. The molecule has 0 saturated heterocycles. The first-order valence-corrected chi connectivity index (χ1v) is 9.46. The van der Waals surface area contributed by atoms with Crippen LogP contribution in [-0.4, -0.2) is 29.4 Å². The van der Waals surface area contributed by atoms with Gasteiger partial charge >= 0.3 is 0 Å². The van der Waals surface area contributed by atoms with Gasteiger partial charge in [-0.25, -0.2) is 4.98 Å². The van der Waals surface area contributed by atoms with Crippen LogP contribution in [0.25, 0.3) is 0 Å². The van der Waals surface area contributed by atoms with E-state index in [1.54, 1.807) is 30.5 Å². The number of benzene rings is 1. The molecule has 2 atom stereocenters. The number of rotatable bonds is 3. The van der Waals surface area contributed by atoms with E-state index in [2.05, 4.69) is 17.2 Å². The molecule has 27 heavy (non-hydrogen) atoms. The van der Waals surface area contributed by atoms with Crippen molar-refractivity contribution in [3.63, 3.8) is 0 Å². The van der Waals surface area contributed by atoms with E-state index >= 15 is 0 Å². The molecule has 140 valence electrons. The zero-order valence-corrected chi connectivity index (χ0v) is 15.4. The van der Waals surface area contributed by atoms with Crippen molar-refractivity contribution in [3.05, 3.63) is 48.2 Å². The van der Waals surface area contributed by atoms with Crippen LogP contribution in [0.4, 0.5) is 5.69 Å². The molecule has 1 saturated carbocycles. The molecule has 0 spiro atoms. The highest BCUT2D eigenvalue weighted by Crippen LogP contribution is 2.37. The van der Waals surface area contributed by atoms with Gasteiger partial charge in [0.2, 0.25) is 11.8 Å². The van der Waals surface area contributed by atoms with E-state index in [4.69, 9.17) is 4.74 Å². The second kappa shape index (κ2) is 7.39. The van der Waals surface area contributed by atoms with Crippen molar-refractivity contribution in [2.75, 3.05) is 11.4 Å². The average molecular weight is 365 g/mol. The van der Waals surface area contributed by atoms with E-state index in [1.165, 1.54) is 11.3 Å². The van der Waals surface area contributed by atoms with Gasteiger partial charge < -0.3 is 10.1 Å². The molecule has 2 amide bonds. The summed E-state index contributed by atoms with van der Waals surface area (Å²) in [6.45, 7) is 2.13. The molecule has 4 rings (SSSR count). The van der Waals surface area contributed by atoms with Gasteiger partial charge in [-0.1, -0.05) is 31.9 Å². The van der Waals surface area contributed by atoms with Gasteiger partial charge in [0.25, 0.3) is 5.91 Å². The number of anilines is 1. The molecule has 6 heteroatoms. The van der Waals surface area contributed by atoms with Crippen LogP contribution < -0.4 is 15.0 Å². The van der Waals surface area contributed by atoms with Crippen molar-refractivity contribution < 1.29 is 14.3 Å². The van der Waals surface area contributed by atoms with E-state index in [9.17, 15) is 9.59 Å². The van der Waals surface area contributed by atoms with Gasteiger partial charge in [0.15, 0.2) is 5.75 Å². The Morgan fingerprint density at radius 1 is 1.22 bits per heavy atom. The van der Waals surface area contributed by atoms with Gasteiger partial charge in [-0.3, -0.25) is 14.5 Å². The van der Waals surface area contributed by atoms with E-state index in [1.807, 2.05) is 12.1 Å². The van der Waals surface area contributed by atoms with Crippen LogP contribution in [0.5, 0.6) is 11.6 Å². The maximum atomic E-state index is 13.1. The van der Waals surface area contributed by atoms with Gasteiger partial charge in [-0.2, -0.15) is 0 Å². The highest BCUT2D eigenvalue weighted by Gasteiger charge is 2.31. The lowest BCUT2D eigenvalue weighted by molar-refractivity contribution is -0.121. The summed E-state index contributed by atoms with van der Waals surface area (Å²) in [4.78, 5) is 31.5. The average Bonchev–Trinajstić information content (AvgIpc) is 2.79. The molecular weight excluding hydrogens is 342 g/mol. The summed E-state index contributed by atoms with van der Waals surface area (Å²) in [5, 5.41) is 3.12. The van der Waals surface area contributed by atoms with Crippen LogP contribution in [0.3, 0.4) is 0 Å². The van der Waals surface area contributed by atoms with Crippen LogP contribution >= 0.6 is 0 Å². The van der Waals surface area contributed by atoms with Crippen molar-refractivity contribution in [3.8, 4) is 11.6 Å². The first-order valence-electron chi connectivity index (χ1n) is 9.46. The molecule has 1 fully saturated rings. The maximum Gasteiger partial charge on any atom is 0.264 e. The number of pyridine rings is 1. The molecule has 2 aromatic rings. The third kappa shape index (κ3) is 3.52. The zero-order chi connectivity index (χ0) is 18.8. The SMILES string of the molecule is CC1CCCCC1NC(=O)CN1C(=O)c2cccnc2Oc2ccccc21.